The Labute approximate surface area is 142 Å². The minimum absolute atomic E-state index is 0.0300. The van der Waals surface area contributed by atoms with Crippen molar-refractivity contribution in [3.8, 4) is 11.3 Å². The van der Waals surface area contributed by atoms with Crippen LogP contribution in [0.15, 0.2) is 36.5 Å². The predicted molar refractivity (Wildman–Crippen MR) is 92.5 cm³/mol. The van der Waals surface area contributed by atoms with E-state index < -0.39 is 11.7 Å². The largest absolute Gasteiger partial charge is 0.444 e. The summed E-state index contributed by atoms with van der Waals surface area (Å²) in [5.74, 6) is -0.135. The summed E-state index contributed by atoms with van der Waals surface area (Å²) in [6.07, 6.45) is 1.46. The van der Waals surface area contributed by atoms with Crippen LogP contribution >= 0.6 is 0 Å². The van der Waals surface area contributed by atoms with E-state index in [1.165, 1.54) is 0 Å². The molecule has 6 nitrogen and oxygen atoms in total. The molecule has 0 aliphatic carbocycles. The van der Waals surface area contributed by atoms with Gasteiger partial charge in [-0.25, -0.2) is 4.79 Å². The lowest BCUT2D eigenvalue weighted by Crippen LogP contribution is -2.33. The fourth-order valence-corrected chi connectivity index (χ4v) is 2.95. The minimum Gasteiger partial charge on any atom is -0.444 e. The van der Waals surface area contributed by atoms with Crippen LogP contribution in [0.1, 0.15) is 38.7 Å². The summed E-state index contributed by atoms with van der Waals surface area (Å²) in [5.41, 5.74) is 7.49. The van der Waals surface area contributed by atoms with E-state index in [4.69, 9.17) is 10.5 Å². The third-order valence-electron chi connectivity index (χ3n) is 4.03. The van der Waals surface area contributed by atoms with Crippen LogP contribution in [-0.4, -0.2) is 33.2 Å². The Bertz CT molecular complexity index is 677. The van der Waals surface area contributed by atoms with Gasteiger partial charge in [-0.2, -0.15) is 5.10 Å². The number of aryl methyl sites for hydroxylation is 1. The molecule has 0 bridgehead atoms. The number of hydrogen-bond acceptors (Lipinski definition) is 4. The summed E-state index contributed by atoms with van der Waals surface area (Å²) in [6, 6.07) is 9.99. The van der Waals surface area contributed by atoms with Crippen molar-refractivity contribution in [1.82, 2.24) is 9.78 Å². The second-order valence-electron chi connectivity index (χ2n) is 6.42. The summed E-state index contributed by atoms with van der Waals surface area (Å²) in [4.78, 5) is 11.0. The molecule has 3 N–H and O–H groups in total. The number of rotatable bonds is 7. The molecule has 0 aliphatic rings. The summed E-state index contributed by atoms with van der Waals surface area (Å²) in [7, 11) is 0. The van der Waals surface area contributed by atoms with Crippen LogP contribution in [0.4, 0.5) is 4.79 Å². The van der Waals surface area contributed by atoms with Crippen LogP contribution in [0.5, 0.6) is 0 Å². The molecule has 0 unspecified atom stereocenters. The highest BCUT2D eigenvalue weighted by Crippen LogP contribution is 2.30. The van der Waals surface area contributed by atoms with Crippen molar-refractivity contribution in [3.05, 3.63) is 42.1 Å². The van der Waals surface area contributed by atoms with Crippen LogP contribution in [-0.2, 0) is 11.3 Å². The Hall–Kier alpha value is -2.34. The van der Waals surface area contributed by atoms with Crippen molar-refractivity contribution in [2.45, 2.75) is 45.3 Å². The number of aliphatic hydroxyl groups is 1. The molecule has 6 heteroatoms. The van der Waals surface area contributed by atoms with Gasteiger partial charge in [0.1, 0.15) is 5.60 Å². The lowest BCUT2D eigenvalue weighted by atomic mass is 9.88. The lowest BCUT2D eigenvalue weighted by Gasteiger charge is -2.28. The molecule has 0 aliphatic heterocycles. The van der Waals surface area contributed by atoms with E-state index in [-0.39, 0.29) is 12.5 Å². The average molecular weight is 331 g/mol. The Morgan fingerprint density at radius 1 is 1.33 bits per heavy atom. The first kappa shape index (κ1) is 18.0. The molecule has 1 aromatic heterocycles. The molecular formula is C18H25N3O3. The van der Waals surface area contributed by atoms with Crippen molar-refractivity contribution in [2.24, 2.45) is 5.73 Å². The quantitative estimate of drug-likeness (QED) is 0.816. The third kappa shape index (κ3) is 4.35. The van der Waals surface area contributed by atoms with Crippen LogP contribution in [0.25, 0.3) is 11.3 Å². The molecule has 1 aromatic carbocycles. The number of benzene rings is 1. The molecular weight excluding hydrogens is 306 g/mol. The molecule has 0 saturated carbocycles. The molecule has 130 valence electrons. The maximum absolute atomic E-state index is 11.0. The molecule has 0 spiro atoms. The molecule has 0 radical (unpaired) electrons. The number of aliphatic hydroxyl groups excluding tert-OH is 1. The average Bonchev–Trinajstić information content (AvgIpc) is 3.00. The maximum Gasteiger partial charge on any atom is 0.405 e. The normalized spacial score (nSPS) is 12.8. The fraction of sp³-hybridized carbons (Fsp3) is 0.444. The number of ether oxygens (including phenoxy) is 1. The standard InChI is InChI=1S/C18H25N3O3/c1-4-21-16(9-10-20-21)14-7-5-13(6-8-14)15(12-22)11-18(2,3)24-17(19)23/h5-10,15,22H,4,11-12H2,1-3H3,(H2,19,23)/t15-/m0/s1. The Morgan fingerprint density at radius 2 is 2.00 bits per heavy atom. The van der Waals surface area contributed by atoms with Crippen molar-refractivity contribution in [1.29, 1.82) is 0 Å². The zero-order chi connectivity index (χ0) is 17.7. The molecule has 2 aromatic rings. The second-order valence-corrected chi connectivity index (χ2v) is 6.42. The van der Waals surface area contributed by atoms with E-state index in [9.17, 15) is 9.90 Å². The SMILES string of the molecule is CCn1nccc1-c1ccc([C@H](CO)CC(C)(C)OC(N)=O)cc1. The zero-order valence-corrected chi connectivity index (χ0v) is 14.4. The van der Waals surface area contributed by atoms with Gasteiger partial charge in [-0.3, -0.25) is 4.68 Å². The second kappa shape index (κ2) is 7.49. The molecule has 2 rings (SSSR count). The Kier molecular flexibility index (Phi) is 5.62. The number of amides is 1. The van der Waals surface area contributed by atoms with Gasteiger partial charge in [-0.05, 0) is 44.4 Å². The number of nitrogens with zero attached hydrogens (tertiary/aromatic N) is 2. The van der Waals surface area contributed by atoms with E-state index in [1.54, 1.807) is 20.0 Å². The fourth-order valence-electron chi connectivity index (χ4n) is 2.95. The molecule has 1 amide bonds. The Morgan fingerprint density at radius 3 is 2.54 bits per heavy atom. The van der Waals surface area contributed by atoms with Gasteiger partial charge in [0.15, 0.2) is 0 Å². The van der Waals surface area contributed by atoms with Crippen molar-refractivity contribution < 1.29 is 14.6 Å². The molecule has 24 heavy (non-hydrogen) atoms. The van der Waals surface area contributed by atoms with E-state index in [1.807, 2.05) is 41.9 Å². The van der Waals surface area contributed by atoms with Crippen LogP contribution < -0.4 is 5.73 Å². The van der Waals surface area contributed by atoms with Gasteiger partial charge in [0.05, 0.1) is 12.3 Å². The maximum atomic E-state index is 11.0. The van der Waals surface area contributed by atoms with Gasteiger partial charge < -0.3 is 15.6 Å². The first-order valence-corrected chi connectivity index (χ1v) is 8.07. The summed E-state index contributed by atoms with van der Waals surface area (Å²) in [5, 5.41) is 14.0. The van der Waals surface area contributed by atoms with Gasteiger partial charge in [0.2, 0.25) is 0 Å². The topological polar surface area (TPSA) is 90.4 Å². The summed E-state index contributed by atoms with van der Waals surface area (Å²) in [6.45, 7) is 6.40. The first-order valence-electron chi connectivity index (χ1n) is 8.07. The van der Waals surface area contributed by atoms with Crippen molar-refractivity contribution >= 4 is 6.09 Å². The van der Waals surface area contributed by atoms with Gasteiger partial charge in [0.25, 0.3) is 0 Å². The number of primary amides is 1. The number of carbonyl (C=O) groups excluding carboxylic acids is 1. The van der Waals surface area contributed by atoms with Crippen LogP contribution in [0.2, 0.25) is 0 Å². The molecule has 0 saturated heterocycles. The van der Waals surface area contributed by atoms with E-state index >= 15 is 0 Å². The summed E-state index contributed by atoms with van der Waals surface area (Å²) >= 11 is 0. The molecule has 1 heterocycles. The van der Waals surface area contributed by atoms with E-state index in [2.05, 4.69) is 5.10 Å². The zero-order valence-electron chi connectivity index (χ0n) is 14.4. The van der Waals surface area contributed by atoms with Gasteiger partial charge in [0, 0.05) is 18.7 Å². The Balaban J connectivity index is 2.17. The first-order chi connectivity index (χ1) is 11.4. The van der Waals surface area contributed by atoms with Gasteiger partial charge >= 0.3 is 6.09 Å². The highest BCUT2D eigenvalue weighted by Gasteiger charge is 2.27. The number of aromatic nitrogens is 2. The van der Waals surface area contributed by atoms with Gasteiger partial charge in [-0.15, -0.1) is 0 Å². The van der Waals surface area contributed by atoms with Crippen molar-refractivity contribution in [2.75, 3.05) is 6.61 Å². The number of nitrogens with two attached hydrogens (primary N) is 1. The van der Waals surface area contributed by atoms with Crippen molar-refractivity contribution in [3.63, 3.8) is 0 Å². The predicted octanol–water partition coefficient (Wildman–Crippen LogP) is 2.91. The molecule has 0 fully saturated rings. The number of carbonyl (C=O) groups is 1. The number of hydrogen-bond donors (Lipinski definition) is 2. The third-order valence-corrected chi connectivity index (χ3v) is 4.03. The van der Waals surface area contributed by atoms with E-state index in [0.29, 0.717) is 6.42 Å². The highest BCUT2D eigenvalue weighted by molar-refractivity contribution is 5.65. The van der Waals surface area contributed by atoms with Gasteiger partial charge in [-0.1, -0.05) is 24.3 Å². The smallest absolute Gasteiger partial charge is 0.405 e. The monoisotopic (exact) mass is 331 g/mol. The minimum atomic E-state index is -0.806. The highest BCUT2D eigenvalue weighted by atomic mass is 16.6. The van der Waals surface area contributed by atoms with Crippen LogP contribution in [0.3, 0.4) is 0 Å². The molecule has 1 atom stereocenters. The van der Waals surface area contributed by atoms with Crippen LogP contribution in [0, 0.1) is 0 Å². The van der Waals surface area contributed by atoms with E-state index in [0.717, 1.165) is 23.4 Å². The lowest BCUT2D eigenvalue weighted by molar-refractivity contribution is 0.0285. The summed E-state index contributed by atoms with van der Waals surface area (Å²) < 4.78 is 7.05.